The van der Waals surface area contributed by atoms with Gasteiger partial charge in [-0.05, 0) is 23.1 Å². The molecule has 0 radical (unpaired) electrons. The predicted molar refractivity (Wildman–Crippen MR) is 113 cm³/mol. The second-order valence-corrected chi connectivity index (χ2v) is 6.62. The van der Waals surface area contributed by atoms with Gasteiger partial charge in [0.15, 0.2) is 5.65 Å². The van der Waals surface area contributed by atoms with E-state index in [2.05, 4.69) is 32.5 Å². The van der Waals surface area contributed by atoms with Crippen molar-refractivity contribution in [2.75, 3.05) is 11.1 Å². The number of anilines is 3. The normalized spacial score (nSPS) is 11.1. The van der Waals surface area contributed by atoms with Crippen molar-refractivity contribution >= 4 is 39.0 Å². The molecule has 0 saturated carbocycles. The highest BCUT2D eigenvalue weighted by atomic mass is 15.3. The first-order chi connectivity index (χ1) is 13.8. The molecule has 5 rings (SSSR count). The molecule has 6 nitrogen and oxygen atoms in total. The number of hydrogen-bond donors (Lipinski definition) is 2. The van der Waals surface area contributed by atoms with E-state index < -0.39 is 0 Å². The van der Waals surface area contributed by atoms with Crippen LogP contribution in [0.5, 0.6) is 0 Å². The number of fused-ring (bicyclic) bond motifs is 2. The van der Waals surface area contributed by atoms with Crippen LogP contribution in [0, 0.1) is 0 Å². The van der Waals surface area contributed by atoms with E-state index in [1.807, 2.05) is 59.3 Å². The first-order valence-electron chi connectivity index (χ1n) is 9.04. The first kappa shape index (κ1) is 16.3. The first-order valence-corrected chi connectivity index (χ1v) is 9.04. The SMILES string of the molecule is Nc1cccc2cccc(Nc3ncnc4c3cnn4Cc3ccccc3)c12. The van der Waals surface area contributed by atoms with Gasteiger partial charge in [-0.1, -0.05) is 54.6 Å². The molecular weight excluding hydrogens is 348 g/mol. The third-order valence-corrected chi connectivity index (χ3v) is 4.80. The molecule has 0 aliphatic heterocycles. The second kappa shape index (κ2) is 6.66. The van der Waals surface area contributed by atoms with Crippen molar-refractivity contribution in [1.29, 1.82) is 0 Å². The third kappa shape index (κ3) is 2.81. The van der Waals surface area contributed by atoms with Crippen molar-refractivity contribution in [2.24, 2.45) is 0 Å². The van der Waals surface area contributed by atoms with Crippen LogP contribution in [-0.2, 0) is 6.54 Å². The van der Waals surface area contributed by atoms with Crippen LogP contribution in [0.15, 0.2) is 79.3 Å². The van der Waals surface area contributed by atoms with Crippen molar-refractivity contribution in [2.45, 2.75) is 6.54 Å². The van der Waals surface area contributed by atoms with Crippen LogP contribution in [0.3, 0.4) is 0 Å². The lowest BCUT2D eigenvalue weighted by Gasteiger charge is -2.11. The van der Waals surface area contributed by atoms with Crippen molar-refractivity contribution in [3.8, 4) is 0 Å². The molecule has 0 saturated heterocycles. The minimum atomic E-state index is 0.655. The maximum absolute atomic E-state index is 6.22. The van der Waals surface area contributed by atoms with Crippen molar-refractivity contribution < 1.29 is 0 Å². The number of hydrogen-bond acceptors (Lipinski definition) is 5. The van der Waals surface area contributed by atoms with E-state index in [9.17, 15) is 0 Å². The van der Waals surface area contributed by atoms with Gasteiger partial charge in [0, 0.05) is 16.8 Å². The average Bonchev–Trinajstić information content (AvgIpc) is 3.13. The Morgan fingerprint density at radius 2 is 1.71 bits per heavy atom. The van der Waals surface area contributed by atoms with Crippen molar-refractivity contribution in [3.05, 3.63) is 84.8 Å². The fourth-order valence-corrected chi connectivity index (χ4v) is 3.47. The van der Waals surface area contributed by atoms with Crippen molar-refractivity contribution in [1.82, 2.24) is 19.7 Å². The number of rotatable bonds is 4. The van der Waals surface area contributed by atoms with Gasteiger partial charge in [-0.15, -0.1) is 0 Å². The summed E-state index contributed by atoms with van der Waals surface area (Å²) in [6.45, 7) is 0.655. The molecule has 3 N–H and O–H groups in total. The second-order valence-electron chi connectivity index (χ2n) is 6.62. The molecule has 0 unspecified atom stereocenters. The zero-order valence-corrected chi connectivity index (χ0v) is 15.1. The van der Waals surface area contributed by atoms with Gasteiger partial charge in [0.05, 0.1) is 18.1 Å². The molecule has 28 heavy (non-hydrogen) atoms. The molecule has 0 spiro atoms. The summed E-state index contributed by atoms with van der Waals surface area (Å²) in [6.07, 6.45) is 3.36. The Balaban J connectivity index is 1.56. The molecule has 5 aromatic rings. The van der Waals surface area contributed by atoms with Crippen LogP contribution in [0.4, 0.5) is 17.2 Å². The number of benzene rings is 3. The minimum absolute atomic E-state index is 0.655. The van der Waals surface area contributed by atoms with Gasteiger partial charge < -0.3 is 11.1 Å². The Bertz CT molecular complexity index is 1270. The fraction of sp³-hybridized carbons (Fsp3) is 0.0455. The van der Waals surface area contributed by atoms with Crippen molar-refractivity contribution in [3.63, 3.8) is 0 Å². The predicted octanol–water partition coefficient (Wildman–Crippen LogP) is 4.35. The highest BCUT2D eigenvalue weighted by Crippen LogP contribution is 2.32. The molecule has 0 fully saturated rings. The van der Waals surface area contributed by atoms with Crippen LogP contribution in [0.1, 0.15) is 5.56 Å². The summed E-state index contributed by atoms with van der Waals surface area (Å²) < 4.78 is 1.88. The summed E-state index contributed by atoms with van der Waals surface area (Å²) in [4.78, 5) is 8.89. The summed E-state index contributed by atoms with van der Waals surface area (Å²) in [5.41, 5.74) is 9.82. The number of nitrogens with zero attached hydrogens (tertiary/aromatic N) is 4. The van der Waals surface area contributed by atoms with Gasteiger partial charge in [-0.25, -0.2) is 14.6 Å². The summed E-state index contributed by atoms with van der Waals surface area (Å²) in [5.74, 6) is 0.708. The fourth-order valence-electron chi connectivity index (χ4n) is 3.47. The van der Waals surface area contributed by atoms with Crippen LogP contribution < -0.4 is 11.1 Å². The Morgan fingerprint density at radius 1 is 0.893 bits per heavy atom. The summed E-state index contributed by atoms with van der Waals surface area (Å²) in [6, 6.07) is 22.2. The van der Waals surface area contributed by atoms with E-state index in [1.165, 1.54) is 5.56 Å². The van der Waals surface area contributed by atoms with E-state index in [-0.39, 0.29) is 0 Å². The number of nitrogen functional groups attached to an aromatic ring is 1. The molecule has 0 aliphatic rings. The Labute approximate surface area is 161 Å². The largest absolute Gasteiger partial charge is 0.398 e. The third-order valence-electron chi connectivity index (χ3n) is 4.80. The number of nitrogens with two attached hydrogens (primary N) is 1. The lowest BCUT2D eigenvalue weighted by molar-refractivity contribution is 0.704. The smallest absolute Gasteiger partial charge is 0.163 e. The highest BCUT2D eigenvalue weighted by Gasteiger charge is 2.12. The van der Waals surface area contributed by atoms with Gasteiger partial charge in [-0.3, -0.25) is 0 Å². The molecule has 0 bridgehead atoms. The molecule has 3 aromatic carbocycles. The maximum Gasteiger partial charge on any atom is 0.163 e. The Hall–Kier alpha value is -3.93. The highest BCUT2D eigenvalue weighted by molar-refractivity contribution is 6.04. The standard InChI is InChI=1S/C22H18N6/c23-18-10-4-8-16-9-5-11-19(20(16)18)27-21-17-12-26-28(22(17)25-14-24-21)13-15-6-2-1-3-7-15/h1-12,14H,13,23H2,(H,24,25,27). The van der Waals surface area contributed by atoms with E-state index in [0.717, 1.165) is 33.2 Å². The van der Waals surface area contributed by atoms with Crippen LogP contribution in [0.25, 0.3) is 21.8 Å². The molecule has 136 valence electrons. The van der Waals surface area contributed by atoms with E-state index >= 15 is 0 Å². The van der Waals surface area contributed by atoms with Crippen LogP contribution in [0.2, 0.25) is 0 Å². The number of aromatic nitrogens is 4. The van der Waals surface area contributed by atoms with Crippen LogP contribution in [-0.4, -0.2) is 19.7 Å². The average molecular weight is 366 g/mol. The van der Waals surface area contributed by atoms with Gasteiger partial charge in [0.2, 0.25) is 0 Å². The maximum atomic E-state index is 6.22. The van der Waals surface area contributed by atoms with Gasteiger partial charge >= 0.3 is 0 Å². The summed E-state index contributed by atoms with van der Waals surface area (Å²) in [5, 5.41) is 10.9. The topological polar surface area (TPSA) is 81.7 Å². The zero-order valence-electron chi connectivity index (χ0n) is 15.1. The van der Waals surface area contributed by atoms with E-state index in [1.54, 1.807) is 12.5 Å². The number of nitrogens with one attached hydrogen (secondary N) is 1. The van der Waals surface area contributed by atoms with Crippen LogP contribution >= 0.6 is 0 Å². The van der Waals surface area contributed by atoms with Gasteiger partial charge in [0.25, 0.3) is 0 Å². The molecule has 2 aromatic heterocycles. The lowest BCUT2D eigenvalue weighted by atomic mass is 10.1. The summed E-state index contributed by atoms with van der Waals surface area (Å²) >= 11 is 0. The molecule has 0 amide bonds. The zero-order chi connectivity index (χ0) is 18.9. The van der Waals surface area contributed by atoms with E-state index in [0.29, 0.717) is 12.4 Å². The monoisotopic (exact) mass is 366 g/mol. The molecule has 2 heterocycles. The molecular formula is C22H18N6. The molecule has 0 aliphatic carbocycles. The lowest BCUT2D eigenvalue weighted by Crippen LogP contribution is -2.03. The quantitative estimate of drug-likeness (QED) is 0.462. The van der Waals surface area contributed by atoms with Gasteiger partial charge in [0.1, 0.15) is 12.1 Å². The molecule has 0 atom stereocenters. The van der Waals surface area contributed by atoms with E-state index in [4.69, 9.17) is 5.73 Å². The molecule has 6 heteroatoms. The Morgan fingerprint density at radius 3 is 2.57 bits per heavy atom. The summed E-state index contributed by atoms with van der Waals surface area (Å²) in [7, 11) is 0. The van der Waals surface area contributed by atoms with Gasteiger partial charge in [-0.2, -0.15) is 5.10 Å². The Kier molecular flexibility index (Phi) is 3.87. The minimum Gasteiger partial charge on any atom is -0.398 e.